The molecule has 0 saturated heterocycles. The Bertz CT molecular complexity index is 475. The van der Waals surface area contributed by atoms with E-state index in [2.05, 4.69) is 5.32 Å². The third-order valence-electron chi connectivity index (χ3n) is 2.19. The summed E-state index contributed by atoms with van der Waals surface area (Å²) in [4.78, 5) is 11.2. The Morgan fingerprint density at radius 3 is 2.26 bits per heavy atom. The summed E-state index contributed by atoms with van der Waals surface area (Å²) in [7, 11) is 2.74. The number of alkyl halides is 3. The van der Waals surface area contributed by atoms with E-state index in [1.807, 2.05) is 0 Å². The minimum Gasteiger partial charge on any atom is -0.493 e. The van der Waals surface area contributed by atoms with Crippen molar-refractivity contribution in [2.24, 2.45) is 0 Å². The highest BCUT2D eigenvalue weighted by Gasteiger charge is 2.31. The molecule has 0 aliphatic rings. The number of nitrogens with two attached hydrogens (primary N) is 1. The summed E-state index contributed by atoms with van der Waals surface area (Å²) < 4.78 is 46.0. The first kappa shape index (κ1) is 14.9. The maximum atomic E-state index is 12.0. The van der Waals surface area contributed by atoms with Crippen LogP contribution in [-0.2, 0) is 4.79 Å². The van der Waals surface area contributed by atoms with Crippen molar-refractivity contribution in [1.29, 1.82) is 0 Å². The van der Waals surface area contributed by atoms with Gasteiger partial charge in [0.1, 0.15) is 6.42 Å². The van der Waals surface area contributed by atoms with Crippen molar-refractivity contribution in [3.63, 3.8) is 0 Å². The summed E-state index contributed by atoms with van der Waals surface area (Å²) >= 11 is 0. The Balaban J connectivity index is 2.93. The Morgan fingerprint density at radius 2 is 1.79 bits per heavy atom. The smallest absolute Gasteiger partial charge is 0.397 e. The van der Waals surface area contributed by atoms with E-state index in [1.54, 1.807) is 0 Å². The molecule has 1 rings (SSSR count). The summed E-state index contributed by atoms with van der Waals surface area (Å²) in [6.07, 6.45) is -6.16. The number of hydrogen-bond acceptors (Lipinski definition) is 4. The van der Waals surface area contributed by atoms with Crippen LogP contribution in [0.1, 0.15) is 6.42 Å². The Kier molecular flexibility index (Phi) is 4.47. The van der Waals surface area contributed by atoms with Gasteiger partial charge in [0.25, 0.3) is 0 Å². The molecule has 0 bridgehead atoms. The standard InChI is InChI=1S/C11H13F3N2O3/c1-18-8-3-6(15)7(4-9(8)19-2)16-10(17)5-11(12,13)14/h3-4H,5,15H2,1-2H3,(H,16,17). The first-order valence-corrected chi connectivity index (χ1v) is 5.15. The molecule has 1 amide bonds. The molecule has 0 aliphatic carbocycles. The van der Waals surface area contributed by atoms with Crippen LogP contribution in [0.3, 0.4) is 0 Å². The number of anilines is 2. The molecule has 0 aliphatic heterocycles. The molecule has 1 aromatic rings. The summed E-state index contributed by atoms with van der Waals surface area (Å²) in [5, 5.41) is 2.07. The molecule has 0 unspecified atom stereocenters. The fourth-order valence-electron chi connectivity index (χ4n) is 1.38. The normalized spacial score (nSPS) is 11.0. The summed E-state index contributed by atoms with van der Waals surface area (Å²) in [6.45, 7) is 0. The van der Waals surface area contributed by atoms with E-state index >= 15 is 0 Å². The quantitative estimate of drug-likeness (QED) is 0.828. The molecule has 1 aromatic carbocycles. The van der Waals surface area contributed by atoms with Gasteiger partial charge in [-0.1, -0.05) is 0 Å². The number of amides is 1. The van der Waals surface area contributed by atoms with E-state index < -0.39 is 18.5 Å². The molecule has 8 heteroatoms. The number of nitrogen functional groups attached to an aromatic ring is 1. The molecule has 106 valence electrons. The van der Waals surface area contributed by atoms with Crippen LogP contribution in [0.4, 0.5) is 24.5 Å². The summed E-state index contributed by atoms with van der Waals surface area (Å²) in [6, 6.07) is 2.64. The van der Waals surface area contributed by atoms with Crippen molar-refractivity contribution in [2.75, 3.05) is 25.3 Å². The first-order chi connectivity index (χ1) is 8.76. The number of methoxy groups -OCH3 is 2. The molecular formula is C11H13F3N2O3. The molecular weight excluding hydrogens is 265 g/mol. The first-order valence-electron chi connectivity index (χ1n) is 5.15. The lowest BCUT2D eigenvalue weighted by Gasteiger charge is -2.13. The highest BCUT2D eigenvalue weighted by molar-refractivity contribution is 5.94. The van der Waals surface area contributed by atoms with Crippen LogP contribution in [-0.4, -0.2) is 26.3 Å². The van der Waals surface area contributed by atoms with Gasteiger partial charge in [-0.15, -0.1) is 0 Å². The molecule has 0 fully saturated rings. The minimum absolute atomic E-state index is 0.0342. The van der Waals surface area contributed by atoms with Gasteiger partial charge in [-0.3, -0.25) is 4.79 Å². The number of rotatable bonds is 4. The average molecular weight is 278 g/mol. The highest BCUT2D eigenvalue weighted by atomic mass is 19.4. The minimum atomic E-state index is -4.57. The van der Waals surface area contributed by atoms with E-state index in [1.165, 1.54) is 26.4 Å². The fraction of sp³-hybridized carbons (Fsp3) is 0.364. The molecule has 0 radical (unpaired) electrons. The van der Waals surface area contributed by atoms with E-state index in [4.69, 9.17) is 15.2 Å². The number of nitrogens with one attached hydrogen (secondary N) is 1. The molecule has 0 aromatic heterocycles. The van der Waals surface area contributed by atoms with Crippen molar-refractivity contribution < 1.29 is 27.4 Å². The number of ether oxygens (including phenoxy) is 2. The van der Waals surface area contributed by atoms with Crippen molar-refractivity contribution in [3.05, 3.63) is 12.1 Å². The van der Waals surface area contributed by atoms with E-state index in [0.717, 1.165) is 0 Å². The van der Waals surface area contributed by atoms with Gasteiger partial charge in [0, 0.05) is 12.1 Å². The third kappa shape index (κ3) is 4.23. The van der Waals surface area contributed by atoms with Crippen molar-refractivity contribution >= 4 is 17.3 Å². The lowest BCUT2D eigenvalue weighted by molar-refractivity contribution is -0.150. The summed E-state index contributed by atoms with van der Waals surface area (Å²) in [5.41, 5.74) is 5.71. The van der Waals surface area contributed by atoms with E-state index in [-0.39, 0.29) is 17.1 Å². The molecule has 0 atom stereocenters. The van der Waals surface area contributed by atoms with Gasteiger partial charge in [-0.05, 0) is 0 Å². The molecule has 19 heavy (non-hydrogen) atoms. The van der Waals surface area contributed by atoms with Crippen LogP contribution in [0.5, 0.6) is 11.5 Å². The van der Waals surface area contributed by atoms with Crippen LogP contribution >= 0.6 is 0 Å². The second-order valence-electron chi connectivity index (χ2n) is 3.63. The van der Waals surface area contributed by atoms with Crippen LogP contribution in [0, 0.1) is 0 Å². The van der Waals surface area contributed by atoms with Gasteiger partial charge in [-0.2, -0.15) is 13.2 Å². The molecule has 0 heterocycles. The fourth-order valence-corrected chi connectivity index (χ4v) is 1.38. The SMILES string of the molecule is COc1cc(N)c(NC(=O)CC(F)(F)F)cc1OC. The van der Waals surface area contributed by atoms with Crippen molar-refractivity contribution in [3.8, 4) is 11.5 Å². The largest absolute Gasteiger partial charge is 0.493 e. The van der Waals surface area contributed by atoms with Crippen LogP contribution < -0.4 is 20.5 Å². The number of halogens is 3. The number of benzene rings is 1. The van der Waals surface area contributed by atoms with Crippen LogP contribution in [0.15, 0.2) is 12.1 Å². The highest BCUT2D eigenvalue weighted by Crippen LogP contribution is 2.35. The molecule has 0 spiro atoms. The number of hydrogen-bond donors (Lipinski definition) is 2. The van der Waals surface area contributed by atoms with Gasteiger partial charge >= 0.3 is 6.18 Å². The van der Waals surface area contributed by atoms with Gasteiger partial charge in [0.15, 0.2) is 11.5 Å². The zero-order valence-corrected chi connectivity index (χ0v) is 10.3. The van der Waals surface area contributed by atoms with Gasteiger partial charge < -0.3 is 20.5 Å². The topological polar surface area (TPSA) is 73.6 Å². The Morgan fingerprint density at radius 1 is 1.26 bits per heavy atom. The predicted octanol–water partition coefficient (Wildman–Crippen LogP) is 2.18. The lowest BCUT2D eigenvalue weighted by Crippen LogP contribution is -2.21. The maximum Gasteiger partial charge on any atom is 0.397 e. The zero-order valence-electron chi connectivity index (χ0n) is 10.3. The second kappa shape index (κ2) is 5.68. The third-order valence-corrected chi connectivity index (χ3v) is 2.19. The molecule has 5 nitrogen and oxygen atoms in total. The number of carbonyl (C=O) groups is 1. The predicted molar refractivity (Wildman–Crippen MR) is 63.3 cm³/mol. The van der Waals surface area contributed by atoms with E-state index in [9.17, 15) is 18.0 Å². The average Bonchev–Trinajstić information content (AvgIpc) is 2.28. The van der Waals surface area contributed by atoms with Crippen LogP contribution in [0.2, 0.25) is 0 Å². The van der Waals surface area contributed by atoms with E-state index in [0.29, 0.717) is 5.75 Å². The Labute approximate surface area is 107 Å². The maximum absolute atomic E-state index is 12.0. The second-order valence-corrected chi connectivity index (χ2v) is 3.63. The van der Waals surface area contributed by atoms with Crippen molar-refractivity contribution in [1.82, 2.24) is 0 Å². The van der Waals surface area contributed by atoms with Crippen molar-refractivity contribution in [2.45, 2.75) is 12.6 Å². The molecule has 3 N–H and O–H groups in total. The van der Waals surface area contributed by atoms with Gasteiger partial charge in [0.2, 0.25) is 5.91 Å². The lowest BCUT2D eigenvalue weighted by atomic mass is 10.2. The van der Waals surface area contributed by atoms with Crippen LogP contribution in [0.25, 0.3) is 0 Å². The van der Waals surface area contributed by atoms with Gasteiger partial charge in [-0.25, -0.2) is 0 Å². The monoisotopic (exact) mass is 278 g/mol. The summed E-state index contributed by atoms with van der Waals surface area (Å²) in [5.74, 6) is -0.640. The number of carbonyl (C=O) groups excluding carboxylic acids is 1. The van der Waals surface area contributed by atoms with Gasteiger partial charge in [0.05, 0.1) is 25.6 Å². The molecule has 0 saturated carbocycles. The zero-order chi connectivity index (χ0) is 14.6. The Hall–Kier alpha value is -2.12.